The van der Waals surface area contributed by atoms with Crippen LogP contribution in [0.25, 0.3) is 0 Å². The van der Waals surface area contributed by atoms with Gasteiger partial charge in [-0.05, 0) is 31.2 Å². The predicted molar refractivity (Wildman–Crippen MR) is 80.2 cm³/mol. The highest BCUT2D eigenvalue weighted by Crippen LogP contribution is 2.28. The van der Waals surface area contributed by atoms with Crippen molar-refractivity contribution in [2.24, 2.45) is 5.92 Å². The molecule has 1 atom stereocenters. The minimum absolute atomic E-state index is 0.0883. The minimum atomic E-state index is -0.218. The minimum Gasteiger partial charge on any atom is -0.349 e. The zero-order valence-electron chi connectivity index (χ0n) is 11.5. The number of hydrogen-bond donors (Lipinski definition) is 1. The van der Waals surface area contributed by atoms with Crippen LogP contribution in [0.5, 0.6) is 0 Å². The van der Waals surface area contributed by atoms with Gasteiger partial charge in [0.15, 0.2) is 10.3 Å². The van der Waals surface area contributed by atoms with Crippen LogP contribution in [0.1, 0.15) is 55.8 Å². The molecule has 6 heteroatoms. The molecule has 1 aromatic rings. The van der Waals surface area contributed by atoms with E-state index in [1.54, 1.807) is 0 Å². The molecule has 1 aromatic heterocycles. The molecular formula is C14H19Cl2N3O. The lowest BCUT2D eigenvalue weighted by atomic mass is 9.83. The summed E-state index contributed by atoms with van der Waals surface area (Å²) < 4.78 is 0. The van der Waals surface area contributed by atoms with Crippen molar-refractivity contribution in [3.63, 3.8) is 0 Å². The van der Waals surface area contributed by atoms with Gasteiger partial charge in [-0.3, -0.25) is 4.79 Å². The lowest BCUT2D eigenvalue weighted by Crippen LogP contribution is -2.40. The molecule has 0 spiro atoms. The molecule has 0 bridgehead atoms. The van der Waals surface area contributed by atoms with Crippen LogP contribution in [0.2, 0.25) is 10.3 Å². The highest BCUT2D eigenvalue weighted by Gasteiger charge is 2.25. The zero-order chi connectivity index (χ0) is 14.5. The van der Waals surface area contributed by atoms with Crippen molar-refractivity contribution in [1.29, 1.82) is 0 Å². The molecule has 1 heterocycles. The van der Waals surface area contributed by atoms with E-state index in [4.69, 9.17) is 23.2 Å². The molecule has 0 radical (unpaired) electrons. The van der Waals surface area contributed by atoms with Crippen molar-refractivity contribution in [3.8, 4) is 0 Å². The topological polar surface area (TPSA) is 54.9 Å². The third-order valence-corrected chi connectivity index (χ3v) is 4.40. The molecule has 0 aliphatic heterocycles. The maximum atomic E-state index is 12.3. The first-order valence-corrected chi connectivity index (χ1v) is 7.87. The summed E-state index contributed by atoms with van der Waals surface area (Å²) in [5.74, 6) is 0.339. The highest BCUT2D eigenvalue weighted by atomic mass is 35.5. The van der Waals surface area contributed by atoms with Gasteiger partial charge in [-0.15, -0.1) is 10.2 Å². The Morgan fingerprint density at radius 1 is 1.35 bits per heavy atom. The number of carbonyl (C=O) groups excluding carboxylic acids is 1. The van der Waals surface area contributed by atoms with Crippen LogP contribution in [0, 0.1) is 5.92 Å². The Kier molecular flexibility index (Phi) is 5.61. The number of nitrogens with zero attached hydrogens (tertiary/aromatic N) is 2. The number of rotatable bonds is 4. The van der Waals surface area contributed by atoms with E-state index in [-0.39, 0.29) is 22.3 Å². The van der Waals surface area contributed by atoms with Crippen molar-refractivity contribution in [2.75, 3.05) is 0 Å². The van der Waals surface area contributed by atoms with Crippen molar-refractivity contribution in [3.05, 3.63) is 21.9 Å². The van der Waals surface area contributed by atoms with Crippen LogP contribution >= 0.6 is 23.2 Å². The number of hydrogen-bond acceptors (Lipinski definition) is 3. The normalized spacial score (nSPS) is 17.8. The molecule has 1 amide bonds. The SMILES string of the molecule is CCC(NC(=O)c1cc(Cl)nnc1Cl)C1CCCCC1. The van der Waals surface area contributed by atoms with Gasteiger partial charge in [0.25, 0.3) is 5.91 Å². The molecule has 1 saturated carbocycles. The number of halogens is 2. The Bertz CT molecular complexity index is 475. The van der Waals surface area contributed by atoms with E-state index in [1.165, 1.54) is 38.2 Å². The van der Waals surface area contributed by atoms with Crippen molar-refractivity contribution < 1.29 is 4.79 Å². The summed E-state index contributed by atoms with van der Waals surface area (Å²) >= 11 is 11.7. The summed E-state index contributed by atoms with van der Waals surface area (Å²) in [7, 11) is 0. The number of nitrogens with one attached hydrogen (secondary N) is 1. The standard InChI is InChI=1S/C14H19Cl2N3O/c1-2-11(9-6-4-3-5-7-9)17-14(20)10-8-12(15)18-19-13(10)16/h8-9,11H,2-7H2,1H3,(H,17,20). The van der Waals surface area contributed by atoms with Gasteiger partial charge in [0, 0.05) is 6.04 Å². The fourth-order valence-corrected chi connectivity index (χ4v) is 3.17. The number of carbonyl (C=O) groups is 1. The van der Waals surface area contributed by atoms with Crippen LogP contribution in [0.15, 0.2) is 6.07 Å². The molecule has 20 heavy (non-hydrogen) atoms. The molecule has 4 nitrogen and oxygen atoms in total. The Labute approximate surface area is 129 Å². The quantitative estimate of drug-likeness (QED) is 0.917. The zero-order valence-corrected chi connectivity index (χ0v) is 13.0. The molecule has 0 saturated heterocycles. The second-order valence-corrected chi connectivity index (χ2v) is 6.00. The molecular weight excluding hydrogens is 297 g/mol. The Morgan fingerprint density at radius 2 is 2.05 bits per heavy atom. The van der Waals surface area contributed by atoms with Gasteiger partial charge in [0.2, 0.25) is 0 Å². The van der Waals surface area contributed by atoms with Gasteiger partial charge in [-0.1, -0.05) is 49.4 Å². The van der Waals surface area contributed by atoms with Gasteiger partial charge in [-0.2, -0.15) is 0 Å². The second kappa shape index (κ2) is 7.23. The first-order chi connectivity index (χ1) is 9.61. The van der Waals surface area contributed by atoms with Gasteiger partial charge >= 0.3 is 0 Å². The molecule has 2 rings (SSSR count). The van der Waals surface area contributed by atoms with Crippen LogP contribution < -0.4 is 5.32 Å². The third kappa shape index (κ3) is 3.83. The average molecular weight is 316 g/mol. The summed E-state index contributed by atoms with van der Waals surface area (Å²) in [5.41, 5.74) is 0.293. The van der Waals surface area contributed by atoms with E-state index in [9.17, 15) is 4.79 Å². The maximum absolute atomic E-state index is 12.3. The molecule has 1 aliphatic carbocycles. The van der Waals surface area contributed by atoms with Gasteiger partial charge in [0.05, 0.1) is 5.56 Å². The first kappa shape index (κ1) is 15.5. The Balaban J connectivity index is 2.06. The van der Waals surface area contributed by atoms with E-state index in [0.29, 0.717) is 11.5 Å². The molecule has 110 valence electrons. The van der Waals surface area contributed by atoms with E-state index in [0.717, 1.165) is 6.42 Å². The van der Waals surface area contributed by atoms with Gasteiger partial charge in [0.1, 0.15) is 0 Å². The van der Waals surface area contributed by atoms with Crippen molar-refractivity contribution in [1.82, 2.24) is 15.5 Å². The molecule has 1 unspecified atom stereocenters. The van der Waals surface area contributed by atoms with E-state index >= 15 is 0 Å². The van der Waals surface area contributed by atoms with Crippen LogP contribution in [-0.4, -0.2) is 22.1 Å². The maximum Gasteiger partial charge on any atom is 0.254 e. The van der Waals surface area contributed by atoms with Gasteiger partial charge < -0.3 is 5.32 Å². The fourth-order valence-electron chi connectivity index (χ4n) is 2.85. The van der Waals surface area contributed by atoms with Crippen molar-refractivity contribution in [2.45, 2.75) is 51.5 Å². The summed E-state index contributed by atoms with van der Waals surface area (Å²) in [4.78, 5) is 12.3. The summed E-state index contributed by atoms with van der Waals surface area (Å²) in [6.07, 6.45) is 7.08. The molecule has 0 aromatic carbocycles. The van der Waals surface area contributed by atoms with Crippen LogP contribution in [0.3, 0.4) is 0 Å². The van der Waals surface area contributed by atoms with Crippen LogP contribution in [0.4, 0.5) is 0 Å². The lowest BCUT2D eigenvalue weighted by molar-refractivity contribution is 0.0910. The smallest absolute Gasteiger partial charge is 0.254 e. The summed E-state index contributed by atoms with van der Waals surface area (Å²) in [6, 6.07) is 1.64. The summed E-state index contributed by atoms with van der Waals surface area (Å²) in [5, 5.41) is 10.6. The van der Waals surface area contributed by atoms with Crippen LogP contribution in [-0.2, 0) is 0 Å². The first-order valence-electron chi connectivity index (χ1n) is 7.11. The number of amides is 1. The lowest BCUT2D eigenvalue weighted by Gasteiger charge is -2.30. The Hall–Kier alpha value is -0.870. The fraction of sp³-hybridized carbons (Fsp3) is 0.643. The van der Waals surface area contributed by atoms with Crippen molar-refractivity contribution >= 4 is 29.1 Å². The van der Waals surface area contributed by atoms with Gasteiger partial charge in [-0.25, -0.2) is 0 Å². The molecule has 1 fully saturated rings. The average Bonchev–Trinajstić information content (AvgIpc) is 2.48. The number of aromatic nitrogens is 2. The predicted octanol–water partition coefficient (Wildman–Crippen LogP) is 3.87. The summed E-state index contributed by atoms with van der Waals surface area (Å²) in [6.45, 7) is 2.10. The second-order valence-electron chi connectivity index (χ2n) is 5.26. The molecule has 1 aliphatic rings. The Morgan fingerprint density at radius 3 is 2.70 bits per heavy atom. The molecule has 1 N–H and O–H groups in total. The third-order valence-electron chi connectivity index (χ3n) is 3.94. The van der Waals surface area contributed by atoms with E-state index < -0.39 is 0 Å². The largest absolute Gasteiger partial charge is 0.349 e. The highest BCUT2D eigenvalue weighted by molar-refractivity contribution is 6.34. The van der Waals surface area contributed by atoms with E-state index in [2.05, 4.69) is 22.4 Å². The monoisotopic (exact) mass is 315 g/mol. The van der Waals surface area contributed by atoms with E-state index in [1.807, 2.05) is 0 Å².